The normalized spacial score (nSPS) is 24.4. The third-order valence-corrected chi connectivity index (χ3v) is 3.75. The standard InChI is InChI=1S/C15H23NO2/c1-3-18-14-6-4-5-13(9-14)10-15(12-17)7-8-16(2)11-15/h4-6,9,17H,3,7-8,10-12H2,1-2H3. The summed E-state index contributed by atoms with van der Waals surface area (Å²) in [4.78, 5) is 2.29. The number of ether oxygens (including phenoxy) is 1. The van der Waals surface area contributed by atoms with E-state index in [-0.39, 0.29) is 12.0 Å². The molecule has 1 aromatic carbocycles. The summed E-state index contributed by atoms with van der Waals surface area (Å²) in [5.74, 6) is 0.925. The van der Waals surface area contributed by atoms with E-state index in [1.54, 1.807) is 0 Å². The molecule has 100 valence electrons. The number of nitrogens with zero attached hydrogens (tertiary/aromatic N) is 1. The van der Waals surface area contributed by atoms with Gasteiger partial charge in [0.2, 0.25) is 0 Å². The van der Waals surface area contributed by atoms with Crippen molar-refractivity contribution in [1.29, 1.82) is 0 Å². The molecular formula is C15H23NO2. The van der Waals surface area contributed by atoms with E-state index in [1.165, 1.54) is 5.56 Å². The molecule has 0 bridgehead atoms. The van der Waals surface area contributed by atoms with Gasteiger partial charge in [0.15, 0.2) is 0 Å². The van der Waals surface area contributed by atoms with Crippen molar-refractivity contribution in [1.82, 2.24) is 4.90 Å². The van der Waals surface area contributed by atoms with Crippen molar-refractivity contribution >= 4 is 0 Å². The highest BCUT2D eigenvalue weighted by molar-refractivity contribution is 5.29. The topological polar surface area (TPSA) is 32.7 Å². The summed E-state index contributed by atoms with van der Waals surface area (Å²) in [6, 6.07) is 8.24. The lowest BCUT2D eigenvalue weighted by atomic mass is 9.81. The van der Waals surface area contributed by atoms with Gasteiger partial charge in [-0.3, -0.25) is 0 Å². The molecule has 2 rings (SSSR count). The average molecular weight is 249 g/mol. The lowest BCUT2D eigenvalue weighted by Gasteiger charge is -2.26. The van der Waals surface area contributed by atoms with Crippen LogP contribution in [0.2, 0.25) is 0 Å². The average Bonchev–Trinajstić information content (AvgIpc) is 2.72. The Hall–Kier alpha value is -1.06. The molecule has 1 aliphatic heterocycles. The molecule has 3 heteroatoms. The summed E-state index contributed by atoms with van der Waals surface area (Å²) in [7, 11) is 2.12. The Kier molecular flexibility index (Phi) is 4.25. The molecule has 3 nitrogen and oxygen atoms in total. The van der Waals surface area contributed by atoms with E-state index in [1.807, 2.05) is 19.1 Å². The number of likely N-dealkylation sites (tertiary alicyclic amines) is 1. The highest BCUT2D eigenvalue weighted by Gasteiger charge is 2.36. The van der Waals surface area contributed by atoms with Gasteiger partial charge in [-0.25, -0.2) is 0 Å². The second-order valence-corrected chi connectivity index (χ2v) is 5.40. The van der Waals surface area contributed by atoms with Crippen LogP contribution in [-0.4, -0.2) is 43.4 Å². The number of benzene rings is 1. The molecular weight excluding hydrogens is 226 g/mol. The van der Waals surface area contributed by atoms with Gasteiger partial charge in [-0.1, -0.05) is 12.1 Å². The Morgan fingerprint density at radius 2 is 2.28 bits per heavy atom. The number of rotatable bonds is 5. The Balaban J connectivity index is 2.10. The number of hydrogen-bond donors (Lipinski definition) is 1. The summed E-state index contributed by atoms with van der Waals surface area (Å²) >= 11 is 0. The summed E-state index contributed by atoms with van der Waals surface area (Å²) in [6.07, 6.45) is 1.99. The summed E-state index contributed by atoms with van der Waals surface area (Å²) in [6.45, 7) is 5.00. The van der Waals surface area contributed by atoms with E-state index in [4.69, 9.17) is 4.74 Å². The maximum atomic E-state index is 9.71. The zero-order valence-corrected chi connectivity index (χ0v) is 11.4. The van der Waals surface area contributed by atoms with Crippen molar-refractivity contribution in [2.75, 3.05) is 33.4 Å². The van der Waals surface area contributed by atoms with Crippen LogP contribution in [0.25, 0.3) is 0 Å². The van der Waals surface area contributed by atoms with Crippen LogP contribution >= 0.6 is 0 Å². The lowest BCUT2D eigenvalue weighted by Crippen LogP contribution is -2.31. The van der Waals surface area contributed by atoms with Gasteiger partial charge in [-0.15, -0.1) is 0 Å². The molecule has 1 unspecified atom stereocenters. The summed E-state index contributed by atoms with van der Waals surface area (Å²) in [5.41, 5.74) is 1.28. The molecule has 0 spiro atoms. The third-order valence-electron chi connectivity index (χ3n) is 3.75. The maximum Gasteiger partial charge on any atom is 0.119 e. The molecule has 1 aliphatic rings. The van der Waals surface area contributed by atoms with Gasteiger partial charge in [0.1, 0.15) is 5.75 Å². The highest BCUT2D eigenvalue weighted by atomic mass is 16.5. The zero-order chi connectivity index (χ0) is 13.0. The minimum atomic E-state index is 0.0274. The van der Waals surface area contributed by atoms with E-state index in [0.717, 1.165) is 31.7 Å². The monoisotopic (exact) mass is 249 g/mol. The predicted octanol–water partition coefficient (Wildman–Crippen LogP) is 1.94. The highest BCUT2D eigenvalue weighted by Crippen LogP contribution is 2.33. The van der Waals surface area contributed by atoms with Crippen LogP contribution in [0.5, 0.6) is 5.75 Å². The van der Waals surface area contributed by atoms with E-state index >= 15 is 0 Å². The molecule has 1 N–H and O–H groups in total. The van der Waals surface area contributed by atoms with Gasteiger partial charge in [0.05, 0.1) is 13.2 Å². The molecule has 1 atom stereocenters. The quantitative estimate of drug-likeness (QED) is 0.865. The number of aliphatic hydroxyl groups excluding tert-OH is 1. The van der Waals surface area contributed by atoms with Crippen LogP contribution in [0.1, 0.15) is 18.9 Å². The van der Waals surface area contributed by atoms with Gasteiger partial charge in [-0.05, 0) is 51.1 Å². The molecule has 1 heterocycles. The fourth-order valence-corrected chi connectivity index (χ4v) is 2.83. The molecule has 0 saturated carbocycles. The summed E-state index contributed by atoms with van der Waals surface area (Å²) < 4.78 is 5.53. The molecule has 0 aromatic heterocycles. The number of aliphatic hydroxyl groups is 1. The fourth-order valence-electron chi connectivity index (χ4n) is 2.83. The first kappa shape index (κ1) is 13.4. The van der Waals surface area contributed by atoms with Crippen molar-refractivity contribution in [2.24, 2.45) is 5.41 Å². The largest absolute Gasteiger partial charge is 0.494 e. The fraction of sp³-hybridized carbons (Fsp3) is 0.600. The molecule has 1 saturated heterocycles. The predicted molar refractivity (Wildman–Crippen MR) is 72.9 cm³/mol. The SMILES string of the molecule is CCOc1cccc(CC2(CO)CCN(C)C2)c1. The smallest absolute Gasteiger partial charge is 0.119 e. The van der Waals surface area contributed by atoms with Gasteiger partial charge in [0, 0.05) is 12.0 Å². The second-order valence-electron chi connectivity index (χ2n) is 5.40. The lowest BCUT2D eigenvalue weighted by molar-refractivity contribution is 0.132. The van der Waals surface area contributed by atoms with E-state index in [2.05, 4.69) is 24.1 Å². The Morgan fingerprint density at radius 1 is 1.44 bits per heavy atom. The zero-order valence-electron chi connectivity index (χ0n) is 11.4. The first-order chi connectivity index (χ1) is 8.67. The first-order valence-electron chi connectivity index (χ1n) is 6.68. The molecule has 0 radical (unpaired) electrons. The van der Waals surface area contributed by atoms with E-state index < -0.39 is 0 Å². The van der Waals surface area contributed by atoms with Crippen LogP contribution < -0.4 is 4.74 Å². The Morgan fingerprint density at radius 3 is 2.89 bits per heavy atom. The third kappa shape index (κ3) is 3.03. The van der Waals surface area contributed by atoms with Crippen molar-refractivity contribution < 1.29 is 9.84 Å². The Bertz CT molecular complexity index is 394. The van der Waals surface area contributed by atoms with Gasteiger partial charge < -0.3 is 14.7 Å². The van der Waals surface area contributed by atoms with Crippen molar-refractivity contribution in [3.8, 4) is 5.75 Å². The first-order valence-corrected chi connectivity index (χ1v) is 6.68. The maximum absolute atomic E-state index is 9.71. The second kappa shape index (κ2) is 5.72. The minimum Gasteiger partial charge on any atom is -0.494 e. The molecule has 0 amide bonds. The minimum absolute atomic E-state index is 0.0274. The van der Waals surface area contributed by atoms with E-state index in [0.29, 0.717) is 6.61 Å². The Labute approximate surface area is 109 Å². The van der Waals surface area contributed by atoms with Gasteiger partial charge in [-0.2, -0.15) is 0 Å². The molecule has 18 heavy (non-hydrogen) atoms. The molecule has 1 fully saturated rings. The molecule has 1 aromatic rings. The van der Waals surface area contributed by atoms with E-state index in [9.17, 15) is 5.11 Å². The van der Waals surface area contributed by atoms with Gasteiger partial charge >= 0.3 is 0 Å². The van der Waals surface area contributed by atoms with Crippen LogP contribution in [0.4, 0.5) is 0 Å². The van der Waals surface area contributed by atoms with Crippen molar-refractivity contribution in [2.45, 2.75) is 19.8 Å². The molecule has 0 aliphatic carbocycles. The van der Waals surface area contributed by atoms with Crippen LogP contribution in [-0.2, 0) is 6.42 Å². The van der Waals surface area contributed by atoms with Gasteiger partial charge in [0.25, 0.3) is 0 Å². The van der Waals surface area contributed by atoms with Crippen LogP contribution in [0, 0.1) is 5.41 Å². The van der Waals surface area contributed by atoms with Crippen LogP contribution in [0.3, 0.4) is 0 Å². The van der Waals surface area contributed by atoms with Crippen LogP contribution in [0.15, 0.2) is 24.3 Å². The van der Waals surface area contributed by atoms with Crippen molar-refractivity contribution in [3.63, 3.8) is 0 Å². The summed E-state index contributed by atoms with van der Waals surface area (Å²) in [5, 5.41) is 9.71. The van der Waals surface area contributed by atoms with Crippen molar-refractivity contribution in [3.05, 3.63) is 29.8 Å². The number of hydrogen-bond acceptors (Lipinski definition) is 3.